The molecule has 0 atom stereocenters. The summed E-state index contributed by atoms with van der Waals surface area (Å²) >= 11 is 0. The molecule has 0 saturated heterocycles. The number of pyridine rings is 1. The molecule has 0 fully saturated rings. The molecule has 144 valence electrons. The summed E-state index contributed by atoms with van der Waals surface area (Å²) in [6.07, 6.45) is 5.11. The molecule has 0 radical (unpaired) electrons. The van der Waals surface area contributed by atoms with E-state index in [1.165, 1.54) is 6.33 Å². The zero-order valence-electron chi connectivity index (χ0n) is 15.7. The van der Waals surface area contributed by atoms with Crippen LogP contribution < -0.4 is 15.4 Å². The van der Waals surface area contributed by atoms with Crippen LogP contribution in [-0.4, -0.2) is 38.6 Å². The molecule has 1 aromatic carbocycles. The zero-order valence-corrected chi connectivity index (χ0v) is 15.7. The lowest BCUT2D eigenvalue weighted by molar-refractivity contribution is 0.0990. The van der Waals surface area contributed by atoms with Crippen molar-refractivity contribution in [2.75, 3.05) is 23.8 Å². The third kappa shape index (κ3) is 2.85. The number of nitrogens with zero attached hydrogens (tertiary/aromatic N) is 5. The molecular formula is C21H18N6O2. The van der Waals surface area contributed by atoms with E-state index in [1.807, 2.05) is 60.3 Å². The van der Waals surface area contributed by atoms with Crippen LogP contribution in [0.1, 0.15) is 15.9 Å². The molecule has 29 heavy (non-hydrogen) atoms. The van der Waals surface area contributed by atoms with Gasteiger partial charge in [-0.05, 0) is 42.8 Å². The van der Waals surface area contributed by atoms with Crippen LogP contribution in [0, 0.1) is 6.92 Å². The zero-order chi connectivity index (χ0) is 20.0. The fourth-order valence-corrected chi connectivity index (χ4v) is 3.51. The molecule has 1 aliphatic heterocycles. The monoisotopic (exact) mass is 386 g/mol. The van der Waals surface area contributed by atoms with E-state index in [4.69, 9.17) is 10.5 Å². The van der Waals surface area contributed by atoms with E-state index in [2.05, 4.69) is 15.0 Å². The van der Waals surface area contributed by atoms with Gasteiger partial charge in [0.05, 0.1) is 12.1 Å². The predicted molar refractivity (Wildman–Crippen MR) is 109 cm³/mol. The molecular weight excluding hydrogens is 368 g/mol. The molecule has 1 amide bonds. The van der Waals surface area contributed by atoms with Gasteiger partial charge in [0.2, 0.25) is 5.88 Å². The Labute approximate surface area is 166 Å². The Bertz CT molecular complexity index is 1230. The fraction of sp³-hybridized carbons (Fsp3) is 0.143. The number of rotatable bonds is 2. The summed E-state index contributed by atoms with van der Waals surface area (Å²) in [7, 11) is 0. The number of aromatic nitrogens is 4. The highest BCUT2D eigenvalue weighted by atomic mass is 16.5. The van der Waals surface area contributed by atoms with Gasteiger partial charge in [-0.15, -0.1) is 0 Å². The average molecular weight is 386 g/mol. The predicted octanol–water partition coefficient (Wildman–Crippen LogP) is 2.75. The van der Waals surface area contributed by atoms with E-state index in [-0.39, 0.29) is 23.2 Å². The van der Waals surface area contributed by atoms with Crippen molar-refractivity contribution in [2.45, 2.75) is 6.92 Å². The lowest BCUT2D eigenvalue weighted by Crippen LogP contribution is -2.32. The minimum atomic E-state index is -0.269. The van der Waals surface area contributed by atoms with Crippen LogP contribution in [0.15, 0.2) is 55.1 Å². The van der Waals surface area contributed by atoms with Gasteiger partial charge in [-0.2, -0.15) is 0 Å². The minimum absolute atomic E-state index is 0.115. The summed E-state index contributed by atoms with van der Waals surface area (Å²) in [6, 6.07) is 11.9. The third-order valence-electron chi connectivity index (χ3n) is 4.98. The third-order valence-corrected chi connectivity index (χ3v) is 4.98. The minimum Gasteiger partial charge on any atom is -0.475 e. The summed E-state index contributed by atoms with van der Waals surface area (Å²) in [6.45, 7) is 2.72. The Balaban J connectivity index is 1.55. The average Bonchev–Trinajstić information content (AvgIpc) is 3.06. The van der Waals surface area contributed by atoms with Gasteiger partial charge >= 0.3 is 0 Å². The smallest absolute Gasteiger partial charge is 0.267 e. The van der Waals surface area contributed by atoms with Gasteiger partial charge in [0.1, 0.15) is 30.1 Å². The molecule has 0 unspecified atom stereocenters. The normalized spacial score (nSPS) is 13.8. The van der Waals surface area contributed by atoms with Gasteiger partial charge in [-0.25, -0.2) is 15.0 Å². The van der Waals surface area contributed by atoms with Crippen LogP contribution >= 0.6 is 0 Å². The number of amides is 1. The van der Waals surface area contributed by atoms with Crippen LogP contribution in [0.2, 0.25) is 0 Å². The number of carbonyl (C=O) groups is 1. The molecule has 0 bridgehead atoms. The van der Waals surface area contributed by atoms with Gasteiger partial charge in [0.15, 0.2) is 0 Å². The van der Waals surface area contributed by atoms with Crippen molar-refractivity contribution >= 4 is 28.3 Å². The standard InChI is InChI=1S/C21H18N6O2/c1-13-2-5-17(23-11-13)27-7-6-14-10-15(3-4-16(14)27)26-8-9-29-20-18(21(26)28)19(22)24-12-25-20/h2-7,10-12H,8-9H2,1H3,(H2,22,24,25). The van der Waals surface area contributed by atoms with Crippen molar-refractivity contribution < 1.29 is 9.53 Å². The number of nitrogens with two attached hydrogens (primary N) is 1. The Morgan fingerprint density at radius 2 is 2.00 bits per heavy atom. The van der Waals surface area contributed by atoms with E-state index < -0.39 is 0 Å². The van der Waals surface area contributed by atoms with Crippen molar-refractivity contribution in [1.29, 1.82) is 0 Å². The maximum Gasteiger partial charge on any atom is 0.267 e. The number of ether oxygens (including phenoxy) is 1. The number of nitrogen functional groups attached to an aromatic ring is 1. The summed E-state index contributed by atoms with van der Waals surface area (Å²) in [5.74, 6) is 0.915. The van der Waals surface area contributed by atoms with Gasteiger partial charge in [-0.1, -0.05) is 6.07 Å². The summed E-state index contributed by atoms with van der Waals surface area (Å²) in [5, 5.41) is 1.00. The quantitative estimate of drug-likeness (QED) is 0.569. The Kier molecular flexibility index (Phi) is 3.90. The molecule has 4 aromatic rings. The first-order chi connectivity index (χ1) is 14.1. The summed E-state index contributed by atoms with van der Waals surface area (Å²) < 4.78 is 7.63. The van der Waals surface area contributed by atoms with E-state index in [0.29, 0.717) is 13.2 Å². The molecule has 3 aromatic heterocycles. The summed E-state index contributed by atoms with van der Waals surface area (Å²) in [5.41, 5.74) is 9.00. The molecule has 8 nitrogen and oxygen atoms in total. The maximum absolute atomic E-state index is 13.1. The topological polar surface area (TPSA) is 99.2 Å². The second-order valence-corrected chi connectivity index (χ2v) is 6.87. The highest BCUT2D eigenvalue weighted by Gasteiger charge is 2.28. The molecule has 0 saturated carbocycles. The second kappa shape index (κ2) is 6.59. The first kappa shape index (κ1) is 17.2. The van der Waals surface area contributed by atoms with E-state index >= 15 is 0 Å². The molecule has 2 N–H and O–H groups in total. The number of carbonyl (C=O) groups excluding carboxylic acids is 1. The van der Waals surface area contributed by atoms with E-state index in [1.54, 1.807) is 4.90 Å². The first-order valence-electron chi connectivity index (χ1n) is 9.21. The van der Waals surface area contributed by atoms with Gasteiger partial charge < -0.3 is 19.9 Å². The van der Waals surface area contributed by atoms with Crippen LogP contribution in [0.4, 0.5) is 11.5 Å². The first-order valence-corrected chi connectivity index (χ1v) is 9.21. The molecule has 8 heteroatoms. The van der Waals surface area contributed by atoms with Crippen LogP contribution in [0.25, 0.3) is 16.7 Å². The van der Waals surface area contributed by atoms with Crippen molar-refractivity contribution in [3.63, 3.8) is 0 Å². The van der Waals surface area contributed by atoms with Gasteiger partial charge in [0.25, 0.3) is 5.91 Å². The second-order valence-electron chi connectivity index (χ2n) is 6.87. The van der Waals surface area contributed by atoms with Gasteiger partial charge in [-0.3, -0.25) is 4.79 Å². The van der Waals surface area contributed by atoms with Gasteiger partial charge in [0, 0.05) is 23.5 Å². The Morgan fingerprint density at radius 1 is 1.10 bits per heavy atom. The van der Waals surface area contributed by atoms with Crippen molar-refractivity contribution in [3.8, 4) is 11.7 Å². The van der Waals surface area contributed by atoms with E-state index in [0.717, 1.165) is 28.0 Å². The number of hydrogen-bond donors (Lipinski definition) is 1. The maximum atomic E-state index is 13.1. The van der Waals surface area contributed by atoms with Crippen LogP contribution in [0.3, 0.4) is 0 Å². The number of hydrogen-bond acceptors (Lipinski definition) is 6. The molecule has 5 rings (SSSR count). The highest BCUT2D eigenvalue weighted by Crippen LogP contribution is 2.30. The lowest BCUT2D eigenvalue weighted by Gasteiger charge is -2.20. The SMILES string of the molecule is Cc1ccc(-n2ccc3cc(N4CCOc5ncnc(N)c5C4=O)ccc32)nc1. The number of anilines is 2. The molecule has 0 aliphatic carbocycles. The number of aryl methyl sites for hydroxylation is 1. The van der Waals surface area contributed by atoms with Crippen LogP contribution in [-0.2, 0) is 0 Å². The fourth-order valence-electron chi connectivity index (χ4n) is 3.51. The largest absolute Gasteiger partial charge is 0.475 e. The summed E-state index contributed by atoms with van der Waals surface area (Å²) in [4.78, 5) is 27.2. The Morgan fingerprint density at radius 3 is 2.83 bits per heavy atom. The lowest BCUT2D eigenvalue weighted by atomic mass is 10.2. The van der Waals surface area contributed by atoms with Crippen LogP contribution in [0.5, 0.6) is 5.88 Å². The number of fused-ring (bicyclic) bond motifs is 2. The van der Waals surface area contributed by atoms with Crippen molar-refractivity contribution in [1.82, 2.24) is 19.5 Å². The molecule has 0 spiro atoms. The van der Waals surface area contributed by atoms with Crippen molar-refractivity contribution in [2.24, 2.45) is 0 Å². The molecule has 1 aliphatic rings. The van der Waals surface area contributed by atoms with E-state index in [9.17, 15) is 4.79 Å². The highest BCUT2D eigenvalue weighted by molar-refractivity contribution is 6.11. The number of benzene rings is 1. The molecule has 4 heterocycles. The Hall–Kier alpha value is -3.94. The van der Waals surface area contributed by atoms with Crippen molar-refractivity contribution in [3.05, 3.63) is 66.2 Å².